The minimum Gasteiger partial charge on any atom is -0.369 e. The summed E-state index contributed by atoms with van der Waals surface area (Å²) in [4.78, 5) is 24.7. The molecular formula is C14H29N3O2. The molecule has 5 nitrogen and oxygen atoms in total. The highest BCUT2D eigenvalue weighted by atomic mass is 16.2. The fourth-order valence-corrected chi connectivity index (χ4v) is 1.81. The van der Waals surface area contributed by atoms with E-state index in [1.165, 1.54) is 0 Å². The van der Waals surface area contributed by atoms with Gasteiger partial charge in [-0.2, -0.15) is 0 Å². The molecule has 19 heavy (non-hydrogen) atoms. The number of amides is 2. The van der Waals surface area contributed by atoms with E-state index >= 15 is 0 Å². The summed E-state index contributed by atoms with van der Waals surface area (Å²) in [5.41, 5.74) is 5.14. The number of hydrogen-bond donors (Lipinski definition) is 2. The fourth-order valence-electron chi connectivity index (χ4n) is 1.81. The molecule has 0 aliphatic carbocycles. The number of unbranched alkanes of at least 4 members (excludes halogenated alkanes) is 1. The number of nitrogens with one attached hydrogen (secondary N) is 1. The summed E-state index contributed by atoms with van der Waals surface area (Å²) in [5, 5.41) is 2.88. The standard InChI is InChI=1S/C14H29N3O2/c1-4-17(5-2)11-7-6-10-16-13(18)9-8-12(3)14(15)19/h12H,4-11H2,1-3H3,(H2,15,19)(H,16,18)/t12-/m0/s1. The van der Waals surface area contributed by atoms with Crippen LogP contribution in [0.3, 0.4) is 0 Å². The van der Waals surface area contributed by atoms with E-state index < -0.39 is 0 Å². The van der Waals surface area contributed by atoms with Crippen molar-refractivity contribution in [2.75, 3.05) is 26.2 Å². The zero-order valence-electron chi connectivity index (χ0n) is 12.6. The third kappa shape index (κ3) is 9.47. The van der Waals surface area contributed by atoms with Gasteiger partial charge in [0, 0.05) is 18.9 Å². The summed E-state index contributed by atoms with van der Waals surface area (Å²) >= 11 is 0. The molecule has 0 bridgehead atoms. The normalized spacial score (nSPS) is 12.4. The van der Waals surface area contributed by atoms with Gasteiger partial charge in [-0.1, -0.05) is 20.8 Å². The topological polar surface area (TPSA) is 75.4 Å². The molecule has 0 unspecified atom stereocenters. The molecule has 0 saturated heterocycles. The van der Waals surface area contributed by atoms with Crippen molar-refractivity contribution in [3.8, 4) is 0 Å². The predicted molar refractivity (Wildman–Crippen MR) is 77.6 cm³/mol. The molecule has 0 rings (SSSR count). The Morgan fingerprint density at radius 1 is 1.21 bits per heavy atom. The largest absolute Gasteiger partial charge is 0.369 e. The molecule has 2 amide bonds. The zero-order chi connectivity index (χ0) is 14.7. The highest BCUT2D eigenvalue weighted by Gasteiger charge is 2.10. The second-order valence-corrected chi connectivity index (χ2v) is 4.93. The van der Waals surface area contributed by atoms with Crippen molar-refractivity contribution in [1.82, 2.24) is 10.2 Å². The molecule has 0 aromatic rings. The Kier molecular flexibility index (Phi) is 10.2. The lowest BCUT2D eigenvalue weighted by atomic mass is 10.1. The molecule has 3 N–H and O–H groups in total. The average Bonchev–Trinajstić information content (AvgIpc) is 2.39. The average molecular weight is 271 g/mol. The van der Waals surface area contributed by atoms with Crippen molar-refractivity contribution in [2.24, 2.45) is 11.7 Å². The molecule has 0 aliphatic rings. The van der Waals surface area contributed by atoms with Crippen molar-refractivity contribution in [3.63, 3.8) is 0 Å². The van der Waals surface area contributed by atoms with Crippen molar-refractivity contribution >= 4 is 11.8 Å². The second-order valence-electron chi connectivity index (χ2n) is 4.93. The Hall–Kier alpha value is -1.10. The lowest BCUT2D eigenvalue weighted by Gasteiger charge is -2.17. The number of carbonyl (C=O) groups is 2. The van der Waals surface area contributed by atoms with Crippen molar-refractivity contribution < 1.29 is 9.59 Å². The lowest BCUT2D eigenvalue weighted by Crippen LogP contribution is -2.28. The Bertz CT molecular complexity index is 265. The van der Waals surface area contributed by atoms with Crippen LogP contribution in [0.4, 0.5) is 0 Å². The molecule has 0 spiro atoms. The molecule has 0 saturated carbocycles. The second kappa shape index (κ2) is 10.8. The Morgan fingerprint density at radius 2 is 1.84 bits per heavy atom. The Balaban J connectivity index is 3.51. The molecule has 112 valence electrons. The maximum Gasteiger partial charge on any atom is 0.220 e. The van der Waals surface area contributed by atoms with Gasteiger partial charge in [-0.3, -0.25) is 9.59 Å². The van der Waals surface area contributed by atoms with E-state index in [4.69, 9.17) is 5.73 Å². The van der Waals surface area contributed by atoms with Gasteiger partial charge in [0.05, 0.1) is 0 Å². The highest BCUT2D eigenvalue weighted by Crippen LogP contribution is 2.04. The molecule has 0 fully saturated rings. The highest BCUT2D eigenvalue weighted by molar-refractivity contribution is 5.79. The van der Waals surface area contributed by atoms with Crippen molar-refractivity contribution in [3.05, 3.63) is 0 Å². The van der Waals surface area contributed by atoms with Crippen LogP contribution in [0, 0.1) is 5.92 Å². The first-order valence-corrected chi connectivity index (χ1v) is 7.29. The van der Waals surface area contributed by atoms with E-state index in [-0.39, 0.29) is 17.7 Å². The molecular weight excluding hydrogens is 242 g/mol. The van der Waals surface area contributed by atoms with Crippen LogP contribution < -0.4 is 11.1 Å². The first-order chi connectivity index (χ1) is 9.01. The van der Waals surface area contributed by atoms with Crippen LogP contribution in [0.15, 0.2) is 0 Å². The first kappa shape index (κ1) is 17.9. The van der Waals surface area contributed by atoms with Gasteiger partial charge < -0.3 is 16.0 Å². The number of primary amides is 1. The minimum atomic E-state index is -0.341. The molecule has 5 heteroatoms. The molecule has 0 heterocycles. The van der Waals surface area contributed by atoms with E-state index in [9.17, 15) is 9.59 Å². The van der Waals surface area contributed by atoms with Crippen molar-refractivity contribution in [2.45, 2.75) is 46.5 Å². The zero-order valence-corrected chi connectivity index (χ0v) is 12.6. The maximum atomic E-state index is 11.5. The van der Waals surface area contributed by atoms with Gasteiger partial charge in [0.25, 0.3) is 0 Å². The summed E-state index contributed by atoms with van der Waals surface area (Å²) in [5.74, 6) is -0.559. The molecule has 0 radical (unpaired) electrons. The number of nitrogens with two attached hydrogens (primary N) is 1. The van der Waals surface area contributed by atoms with E-state index in [0.717, 1.165) is 32.5 Å². The van der Waals surface area contributed by atoms with Crippen LogP contribution in [0.25, 0.3) is 0 Å². The van der Waals surface area contributed by atoms with E-state index in [0.29, 0.717) is 19.4 Å². The van der Waals surface area contributed by atoms with E-state index in [2.05, 4.69) is 24.1 Å². The quantitative estimate of drug-likeness (QED) is 0.553. The van der Waals surface area contributed by atoms with Gasteiger partial charge in [-0.05, 0) is 38.9 Å². The Labute approximate surface area is 116 Å². The summed E-state index contributed by atoms with van der Waals surface area (Å²) in [7, 11) is 0. The minimum absolute atomic E-state index is 0.0101. The van der Waals surface area contributed by atoms with Gasteiger partial charge in [-0.15, -0.1) is 0 Å². The summed E-state index contributed by atoms with van der Waals surface area (Å²) < 4.78 is 0. The van der Waals surface area contributed by atoms with Gasteiger partial charge in [0.15, 0.2) is 0 Å². The van der Waals surface area contributed by atoms with Crippen LogP contribution in [0.5, 0.6) is 0 Å². The monoisotopic (exact) mass is 271 g/mol. The van der Waals surface area contributed by atoms with Gasteiger partial charge in [0.1, 0.15) is 0 Å². The van der Waals surface area contributed by atoms with Crippen LogP contribution in [-0.2, 0) is 9.59 Å². The maximum absolute atomic E-state index is 11.5. The van der Waals surface area contributed by atoms with Gasteiger partial charge in [-0.25, -0.2) is 0 Å². The van der Waals surface area contributed by atoms with Crippen LogP contribution >= 0.6 is 0 Å². The number of carbonyl (C=O) groups excluding carboxylic acids is 2. The van der Waals surface area contributed by atoms with Gasteiger partial charge >= 0.3 is 0 Å². The predicted octanol–water partition coefficient (Wildman–Crippen LogP) is 1.13. The Morgan fingerprint density at radius 3 is 2.37 bits per heavy atom. The van der Waals surface area contributed by atoms with Gasteiger partial charge in [0.2, 0.25) is 11.8 Å². The van der Waals surface area contributed by atoms with Crippen LogP contribution in [-0.4, -0.2) is 42.9 Å². The smallest absolute Gasteiger partial charge is 0.220 e. The molecule has 0 aromatic heterocycles. The summed E-state index contributed by atoms with van der Waals surface area (Å²) in [6.07, 6.45) is 2.99. The van der Waals surface area contributed by atoms with Crippen molar-refractivity contribution in [1.29, 1.82) is 0 Å². The van der Waals surface area contributed by atoms with E-state index in [1.54, 1.807) is 6.92 Å². The summed E-state index contributed by atoms with van der Waals surface area (Å²) in [6, 6.07) is 0. The lowest BCUT2D eigenvalue weighted by molar-refractivity contribution is -0.123. The summed E-state index contributed by atoms with van der Waals surface area (Å²) in [6.45, 7) is 10.0. The number of rotatable bonds is 11. The number of hydrogen-bond acceptors (Lipinski definition) is 3. The molecule has 0 aliphatic heterocycles. The first-order valence-electron chi connectivity index (χ1n) is 7.29. The third-order valence-corrected chi connectivity index (χ3v) is 3.41. The fraction of sp³-hybridized carbons (Fsp3) is 0.857. The molecule has 1 atom stereocenters. The number of nitrogens with zero attached hydrogens (tertiary/aromatic N) is 1. The molecule has 0 aromatic carbocycles. The third-order valence-electron chi connectivity index (χ3n) is 3.41. The van der Waals surface area contributed by atoms with Crippen LogP contribution in [0.2, 0.25) is 0 Å². The SMILES string of the molecule is CCN(CC)CCCCNC(=O)CC[C@H](C)C(N)=O. The van der Waals surface area contributed by atoms with E-state index in [1.807, 2.05) is 0 Å². The van der Waals surface area contributed by atoms with Crippen LogP contribution in [0.1, 0.15) is 46.5 Å².